The summed E-state index contributed by atoms with van der Waals surface area (Å²) in [6.45, 7) is 2.60. The summed E-state index contributed by atoms with van der Waals surface area (Å²) in [5, 5.41) is 11.7. The van der Waals surface area contributed by atoms with Gasteiger partial charge in [-0.2, -0.15) is 4.98 Å². The lowest BCUT2D eigenvalue weighted by Crippen LogP contribution is -2.44. The van der Waals surface area contributed by atoms with Crippen LogP contribution in [0.5, 0.6) is 5.88 Å². The van der Waals surface area contributed by atoms with E-state index < -0.39 is 0 Å². The van der Waals surface area contributed by atoms with E-state index in [4.69, 9.17) is 27.9 Å². The summed E-state index contributed by atoms with van der Waals surface area (Å²) < 4.78 is 5.96. The fourth-order valence-corrected chi connectivity index (χ4v) is 4.81. The van der Waals surface area contributed by atoms with Crippen LogP contribution < -0.4 is 4.90 Å². The second-order valence-electron chi connectivity index (χ2n) is 6.63. The molecule has 4 rings (SSSR count). The highest BCUT2D eigenvalue weighted by molar-refractivity contribution is 7.99. The molecule has 138 valence electrons. The Morgan fingerprint density at radius 1 is 1.19 bits per heavy atom. The molecule has 0 saturated carbocycles. The fraction of sp³-hybridized carbons (Fsp3) is 0.444. The summed E-state index contributed by atoms with van der Waals surface area (Å²) in [5.74, 6) is 0.595. The van der Waals surface area contributed by atoms with E-state index in [0.29, 0.717) is 20.9 Å². The van der Waals surface area contributed by atoms with E-state index in [9.17, 15) is 5.11 Å². The first kappa shape index (κ1) is 18.2. The summed E-state index contributed by atoms with van der Waals surface area (Å²) in [6, 6.07) is 5.36. The SMILES string of the molecule is Oc1nc(N2CCC3(CCCO3)CC2)cnc1Sc1cccc(Cl)c1Cl. The molecule has 2 aromatic rings. The Bertz CT molecular complexity index is 805. The molecule has 0 atom stereocenters. The molecule has 1 spiro atoms. The van der Waals surface area contributed by atoms with Gasteiger partial charge in [-0.3, -0.25) is 0 Å². The van der Waals surface area contributed by atoms with Crippen LogP contribution in [0.1, 0.15) is 25.7 Å². The zero-order valence-electron chi connectivity index (χ0n) is 14.1. The largest absolute Gasteiger partial charge is 0.491 e. The van der Waals surface area contributed by atoms with Crippen molar-refractivity contribution in [2.24, 2.45) is 0 Å². The Hall–Kier alpha value is -1.21. The summed E-state index contributed by atoms with van der Waals surface area (Å²) in [4.78, 5) is 11.6. The Morgan fingerprint density at radius 3 is 2.69 bits per heavy atom. The van der Waals surface area contributed by atoms with Crippen molar-refractivity contribution in [1.29, 1.82) is 0 Å². The van der Waals surface area contributed by atoms with E-state index in [1.165, 1.54) is 11.8 Å². The van der Waals surface area contributed by atoms with Crippen LogP contribution in [-0.4, -0.2) is 40.4 Å². The number of nitrogens with zero attached hydrogens (tertiary/aromatic N) is 3. The number of hydrogen-bond donors (Lipinski definition) is 1. The number of aromatic hydroxyl groups is 1. The predicted molar refractivity (Wildman–Crippen MR) is 104 cm³/mol. The zero-order valence-corrected chi connectivity index (χ0v) is 16.4. The topological polar surface area (TPSA) is 58.5 Å². The van der Waals surface area contributed by atoms with E-state index in [1.54, 1.807) is 12.3 Å². The number of anilines is 1. The molecule has 5 nitrogen and oxygen atoms in total. The highest BCUT2D eigenvalue weighted by atomic mass is 35.5. The number of aromatic nitrogens is 2. The number of piperidine rings is 1. The van der Waals surface area contributed by atoms with Crippen LogP contribution in [0.25, 0.3) is 0 Å². The molecule has 2 fully saturated rings. The summed E-state index contributed by atoms with van der Waals surface area (Å²) in [7, 11) is 0. The van der Waals surface area contributed by atoms with E-state index in [0.717, 1.165) is 50.3 Å². The van der Waals surface area contributed by atoms with Crippen molar-refractivity contribution in [2.75, 3.05) is 24.6 Å². The minimum atomic E-state index is -0.0963. The highest BCUT2D eigenvalue weighted by Gasteiger charge is 2.38. The quantitative estimate of drug-likeness (QED) is 0.783. The lowest BCUT2D eigenvalue weighted by atomic mass is 9.89. The Morgan fingerprint density at radius 2 is 2.00 bits per heavy atom. The Kier molecular flexibility index (Phi) is 5.19. The van der Waals surface area contributed by atoms with Crippen molar-refractivity contribution in [3.8, 4) is 5.88 Å². The van der Waals surface area contributed by atoms with Gasteiger partial charge in [-0.1, -0.05) is 41.0 Å². The van der Waals surface area contributed by atoms with Crippen LogP contribution in [0, 0.1) is 0 Å². The third-order valence-corrected chi connectivity index (χ3v) is 6.99. The van der Waals surface area contributed by atoms with Crippen LogP contribution in [0.4, 0.5) is 5.82 Å². The maximum atomic E-state index is 10.3. The number of ether oxygens (including phenoxy) is 1. The smallest absolute Gasteiger partial charge is 0.246 e. The van der Waals surface area contributed by atoms with Crippen molar-refractivity contribution in [2.45, 2.75) is 41.2 Å². The molecule has 2 saturated heterocycles. The van der Waals surface area contributed by atoms with Gasteiger partial charge in [0, 0.05) is 24.6 Å². The number of halogens is 2. The van der Waals surface area contributed by atoms with Crippen molar-refractivity contribution < 1.29 is 9.84 Å². The van der Waals surface area contributed by atoms with Gasteiger partial charge < -0.3 is 14.7 Å². The van der Waals surface area contributed by atoms with E-state index in [-0.39, 0.29) is 11.5 Å². The molecule has 1 aromatic heterocycles. The van der Waals surface area contributed by atoms with Crippen LogP contribution in [0.15, 0.2) is 34.3 Å². The second-order valence-corrected chi connectivity index (χ2v) is 8.45. The van der Waals surface area contributed by atoms with Gasteiger partial charge in [0.25, 0.3) is 0 Å². The van der Waals surface area contributed by atoms with Gasteiger partial charge in [0.1, 0.15) is 0 Å². The minimum absolute atomic E-state index is 0.0606. The molecule has 2 aliphatic rings. The van der Waals surface area contributed by atoms with Gasteiger partial charge in [0.05, 0.1) is 21.8 Å². The van der Waals surface area contributed by atoms with Gasteiger partial charge in [0.15, 0.2) is 10.8 Å². The molecule has 26 heavy (non-hydrogen) atoms. The second kappa shape index (κ2) is 7.43. The molecule has 0 radical (unpaired) electrons. The van der Waals surface area contributed by atoms with Crippen molar-refractivity contribution in [3.63, 3.8) is 0 Å². The number of benzene rings is 1. The molecule has 0 unspecified atom stereocenters. The Balaban J connectivity index is 1.47. The molecular weight excluding hydrogens is 393 g/mol. The van der Waals surface area contributed by atoms with Crippen LogP contribution >= 0.6 is 35.0 Å². The maximum Gasteiger partial charge on any atom is 0.246 e. The lowest BCUT2D eigenvalue weighted by Gasteiger charge is -2.39. The van der Waals surface area contributed by atoms with Gasteiger partial charge in [0.2, 0.25) is 5.88 Å². The third-order valence-electron chi connectivity index (χ3n) is 5.02. The molecular formula is C18H19Cl2N3O2S. The van der Waals surface area contributed by atoms with E-state index in [1.807, 2.05) is 12.1 Å². The molecule has 8 heteroatoms. The van der Waals surface area contributed by atoms with Crippen LogP contribution in [-0.2, 0) is 4.74 Å². The van der Waals surface area contributed by atoms with E-state index >= 15 is 0 Å². The van der Waals surface area contributed by atoms with Crippen LogP contribution in [0.2, 0.25) is 10.0 Å². The minimum Gasteiger partial charge on any atom is -0.491 e. The van der Waals surface area contributed by atoms with Crippen molar-refractivity contribution in [3.05, 3.63) is 34.4 Å². The van der Waals surface area contributed by atoms with Gasteiger partial charge in [-0.15, -0.1) is 0 Å². The summed E-state index contributed by atoms with van der Waals surface area (Å²) in [5.41, 5.74) is 0.0606. The molecule has 1 N–H and O–H groups in total. The molecule has 3 heterocycles. The van der Waals surface area contributed by atoms with Gasteiger partial charge in [-0.05, 0) is 37.8 Å². The van der Waals surface area contributed by atoms with Gasteiger partial charge >= 0.3 is 0 Å². The zero-order chi connectivity index (χ0) is 18.1. The summed E-state index contributed by atoms with van der Waals surface area (Å²) in [6.07, 6.45) is 5.98. The number of rotatable bonds is 3. The summed E-state index contributed by atoms with van der Waals surface area (Å²) >= 11 is 13.5. The lowest BCUT2D eigenvalue weighted by molar-refractivity contribution is -0.0147. The van der Waals surface area contributed by atoms with Crippen molar-refractivity contribution in [1.82, 2.24) is 9.97 Å². The molecule has 2 aliphatic heterocycles. The average Bonchev–Trinajstić information content (AvgIpc) is 3.09. The molecule has 1 aromatic carbocycles. The van der Waals surface area contributed by atoms with Gasteiger partial charge in [-0.25, -0.2) is 4.98 Å². The predicted octanol–water partition coefficient (Wildman–Crippen LogP) is 4.79. The highest BCUT2D eigenvalue weighted by Crippen LogP contribution is 2.40. The average molecular weight is 412 g/mol. The first-order valence-corrected chi connectivity index (χ1v) is 10.2. The normalized spacial score (nSPS) is 19.2. The molecule has 0 aliphatic carbocycles. The van der Waals surface area contributed by atoms with Crippen molar-refractivity contribution >= 4 is 40.8 Å². The number of hydrogen-bond acceptors (Lipinski definition) is 6. The molecule has 0 amide bonds. The first-order chi connectivity index (χ1) is 12.6. The standard InChI is InChI=1S/C18H19Cl2N3O2S/c19-12-3-1-4-13(15(12)20)26-17-16(24)22-14(11-21-17)23-8-6-18(7-9-23)5-2-10-25-18/h1,3-4,11H,2,5-10H2,(H,22,24). The van der Waals surface area contributed by atoms with E-state index in [2.05, 4.69) is 14.9 Å². The molecule has 0 bridgehead atoms. The maximum absolute atomic E-state index is 10.3. The third kappa shape index (κ3) is 3.60. The fourth-order valence-electron chi connectivity index (χ4n) is 3.54. The van der Waals surface area contributed by atoms with Crippen LogP contribution in [0.3, 0.4) is 0 Å². The first-order valence-electron chi connectivity index (χ1n) is 8.63. The Labute approximate surface area is 166 Å². The monoisotopic (exact) mass is 411 g/mol.